The van der Waals surface area contributed by atoms with Crippen LogP contribution in [0.1, 0.15) is 50.7 Å². The third kappa shape index (κ3) is 5.94. The molecule has 0 aliphatic rings. The van der Waals surface area contributed by atoms with Crippen molar-refractivity contribution < 1.29 is 23.4 Å². The molecule has 1 amide bonds. The van der Waals surface area contributed by atoms with E-state index in [0.29, 0.717) is 28.2 Å². The molecule has 7 heteroatoms. The van der Waals surface area contributed by atoms with Gasteiger partial charge < -0.3 is 23.9 Å². The molecule has 0 bridgehead atoms. The second-order valence-corrected chi connectivity index (χ2v) is 9.32. The third-order valence-corrected chi connectivity index (χ3v) is 6.01. The van der Waals surface area contributed by atoms with Crippen LogP contribution in [-0.2, 0) is 4.79 Å². The Balaban J connectivity index is 1.46. The summed E-state index contributed by atoms with van der Waals surface area (Å²) in [6.45, 7) is 8.21. The van der Waals surface area contributed by atoms with Gasteiger partial charge >= 0.3 is 0 Å². The Bertz CT molecular complexity index is 1430. The van der Waals surface area contributed by atoms with Crippen molar-refractivity contribution in [2.75, 3.05) is 19.0 Å². The van der Waals surface area contributed by atoms with E-state index in [1.165, 1.54) is 6.26 Å². The fourth-order valence-electron chi connectivity index (χ4n) is 4.04. The number of para-hydroxylation sites is 1. The molecule has 0 atom stereocenters. The topological polar surface area (TPSA) is 87.0 Å². The smallest absolute Gasteiger partial charge is 0.262 e. The summed E-state index contributed by atoms with van der Waals surface area (Å²) >= 11 is 0. The Morgan fingerprint density at radius 2 is 1.51 bits per heavy atom. The van der Waals surface area contributed by atoms with Gasteiger partial charge in [0.15, 0.2) is 6.61 Å². The minimum atomic E-state index is -0.312. The molecule has 0 aliphatic carbocycles. The van der Waals surface area contributed by atoms with Gasteiger partial charge in [0, 0.05) is 11.8 Å². The first-order chi connectivity index (χ1) is 17.8. The lowest BCUT2D eigenvalue weighted by molar-refractivity contribution is -0.118. The molecule has 37 heavy (non-hydrogen) atoms. The number of nitrogens with one attached hydrogen (secondary N) is 1. The standard InChI is InChI=1S/C30H31NO6/c1-18(2)23-7-6-8-24(19(3)4)29(23)31-28(32)17-35-22-13-14-25-26(15-22)36-16-27(30(25)33)37-21-11-9-20(34-5)10-12-21/h6-16,18-19H,17H2,1-5H3,(H,31,32). The number of rotatable bonds is 9. The van der Waals surface area contributed by atoms with E-state index in [9.17, 15) is 9.59 Å². The molecule has 0 saturated carbocycles. The van der Waals surface area contributed by atoms with E-state index >= 15 is 0 Å². The molecule has 0 aliphatic heterocycles. The van der Waals surface area contributed by atoms with E-state index in [4.69, 9.17) is 18.6 Å². The van der Waals surface area contributed by atoms with Crippen molar-refractivity contribution in [3.05, 3.63) is 88.3 Å². The molecule has 192 valence electrons. The van der Waals surface area contributed by atoms with Crippen molar-refractivity contribution in [2.45, 2.75) is 39.5 Å². The van der Waals surface area contributed by atoms with Crippen LogP contribution in [0, 0.1) is 0 Å². The highest BCUT2D eigenvalue weighted by Crippen LogP contribution is 2.32. The summed E-state index contributed by atoms with van der Waals surface area (Å²) in [5.41, 5.74) is 3.03. The van der Waals surface area contributed by atoms with Crippen LogP contribution >= 0.6 is 0 Å². The predicted molar refractivity (Wildman–Crippen MR) is 144 cm³/mol. The number of carbonyl (C=O) groups excluding carboxylic acids is 1. The van der Waals surface area contributed by atoms with Crippen LogP contribution in [0.3, 0.4) is 0 Å². The molecule has 0 radical (unpaired) electrons. The number of hydrogen-bond acceptors (Lipinski definition) is 6. The molecule has 1 N–H and O–H groups in total. The van der Waals surface area contributed by atoms with Crippen LogP contribution < -0.4 is 25.0 Å². The summed E-state index contributed by atoms with van der Waals surface area (Å²) in [5.74, 6) is 1.90. The van der Waals surface area contributed by atoms with E-state index in [-0.39, 0.29) is 35.5 Å². The van der Waals surface area contributed by atoms with Gasteiger partial charge in [0.1, 0.15) is 29.1 Å². The average Bonchev–Trinajstić information content (AvgIpc) is 2.89. The van der Waals surface area contributed by atoms with Gasteiger partial charge in [-0.1, -0.05) is 45.9 Å². The SMILES string of the molecule is COc1ccc(Oc2coc3cc(OCC(=O)Nc4c(C(C)C)cccc4C(C)C)ccc3c2=O)cc1. The second kappa shape index (κ2) is 11.2. The molecule has 4 aromatic rings. The van der Waals surface area contributed by atoms with E-state index in [1.807, 2.05) is 18.2 Å². The fourth-order valence-corrected chi connectivity index (χ4v) is 4.04. The highest BCUT2D eigenvalue weighted by atomic mass is 16.5. The highest BCUT2D eigenvalue weighted by Gasteiger charge is 2.17. The molecule has 0 unspecified atom stereocenters. The fraction of sp³-hybridized carbons (Fsp3) is 0.267. The number of carbonyl (C=O) groups is 1. The van der Waals surface area contributed by atoms with Crippen LogP contribution in [0.15, 0.2) is 76.1 Å². The van der Waals surface area contributed by atoms with Crippen molar-refractivity contribution in [1.82, 2.24) is 0 Å². The molecule has 1 aromatic heterocycles. The number of amides is 1. The minimum absolute atomic E-state index is 0.0653. The summed E-state index contributed by atoms with van der Waals surface area (Å²) < 4.78 is 22.2. The quantitative estimate of drug-likeness (QED) is 0.270. The summed E-state index contributed by atoms with van der Waals surface area (Å²) in [7, 11) is 1.58. The second-order valence-electron chi connectivity index (χ2n) is 9.32. The van der Waals surface area contributed by atoms with Gasteiger partial charge in [-0.15, -0.1) is 0 Å². The molecular formula is C30H31NO6. The van der Waals surface area contributed by atoms with Crippen LogP contribution in [0.5, 0.6) is 23.0 Å². The Hall–Kier alpha value is -4.26. The van der Waals surface area contributed by atoms with Gasteiger partial charge in [0.05, 0.1) is 12.5 Å². The van der Waals surface area contributed by atoms with Crippen LogP contribution in [0.2, 0.25) is 0 Å². The van der Waals surface area contributed by atoms with Gasteiger partial charge in [-0.25, -0.2) is 0 Å². The van der Waals surface area contributed by atoms with Gasteiger partial charge in [-0.3, -0.25) is 9.59 Å². The first-order valence-electron chi connectivity index (χ1n) is 12.2. The number of methoxy groups -OCH3 is 1. The summed E-state index contributed by atoms with van der Waals surface area (Å²) in [4.78, 5) is 25.7. The Morgan fingerprint density at radius 3 is 2.14 bits per heavy atom. The molecule has 1 heterocycles. The first kappa shape index (κ1) is 25.8. The van der Waals surface area contributed by atoms with Crippen molar-refractivity contribution in [3.63, 3.8) is 0 Å². The zero-order valence-electron chi connectivity index (χ0n) is 21.7. The average molecular weight is 502 g/mol. The van der Waals surface area contributed by atoms with Crippen molar-refractivity contribution >= 4 is 22.6 Å². The van der Waals surface area contributed by atoms with E-state index in [0.717, 1.165) is 16.8 Å². The van der Waals surface area contributed by atoms with Crippen molar-refractivity contribution in [3.8, 4) is 23.0 Å². The molecule has 3 aromatic carbocycles. The monoisotopic (exact) mass is 501 g/mol. The normalized spacial score (nSPS) is 11.1. The lowest BCUT2D eigenvalue weighted by Crippen LogP contribution is -2.22. The van der Waals surface area contributed by atoms with Gasteiger partial charge in [-0.05, 0) is 59.4 Å². The van der Waals surface area contributed by atoms with E-state index in [1.54, 1.807) is 49.6 Å². The predicted octanol–water partition coefficient (Wildman–Crippen LogP) is 6.86. The zero-order chi connectivity index (χ0) is 26.5. The van der Waals surface area contributed by atoms with Crippen LogP contribution in [-0.4, -0.2) is 19.6 Å². The van der Waals surface area contributed by atoms with Crippen LogP contribution in [0.25, 0.3) is 11.0 Å². The Morgan fingerprint density at radius 1 is 0.892 bits per heavy atom. The Kier molecular flexibility index (Phi) is 7.82. The minimum Gasteiger partial charge on any atom is -0.497 e. The van der Waals surface area contributed by atoms with Gasteiger partial charge in [-0.2, -0.15) is 0 Å². The number of hydrogen-bond donors (Lipinski definition) is 1. The van der Waals surface area contributed by atoms with Crippen molar-refractivity contribution in [1.29, 1.82) is 0 Å². The molecule has 7 nitrogen and oxygen atoms in total. The maximum atomic E-state index is 12.9. The Labute approximate surface area is 216 Å². The number of anilines is 1. The lowest BCUT2D eigenvalue weighted by atomic mass is 9.92. The van der Waals surface area contributed by atoms with E-state index < -0.39 is 0 Å². The molecule has 0 spiro atoms. The first-order valence-corrected chi connectivity index (χ1v) is 12.2. The third-order valence-electron chi connectivity index (χ3n) is 6.01. The van der Waals surface area contributed by atoms with Crippen LogP contribution in [0.4, 0.5) is 5.69 Å². The van der Waals surface area contributed by atoms with Gasteiger partial charge in [0.25, 0.3) is 5.91 Å². The molecular weight excluding hydrogens is 470 g/mol. The van der Waals surface area contributed by atoms with Gasteiger partial charge in [0.2, 0.25) is 11.2 Å². The number of ether oxygens (including phenoxy) is 3. The maximum absolute atomic E-state index is 12.9. The molecule has 0 fully saturated rings. The summed E-state index contributed by atoms with van der Waals surface area (Å²) in [6, 6.07) is 17.8. The van der Waals surface area contributed by atoms with Crippen molar-refractivity contribution in [2.24, 2.45) is 0 Å². The number of benzene rings is 3. The molecule has 0 saturated heterocycles. The largest absolute Gasteiger partial charge is 0.497 e. The number of fused-ring (bicyclic) bond motifs is 1. The van der Waals surface area contributed by atoms with E-state index in [2.05, 4.69) is 33.0 Å². The maximum Gasteiger partial charge on any atom is 0.262 e. The highest BCUT2D eigenvalue weighted by molar-refractivity contribution is 5.94. The lowest BCUT2D eigenvalue weighted by Gasteiger charge is -2.20. The molecule has 4 rings (SSSR count). The summed E-state index contributed by atoms with van der Waals surface area (Å²) in [5, 5.41) is 3.38. The summed E-state index contributed by atoms with van der Waals surface area (Å²) in [6.07, 6.45) is 1.27. The zero-order valence-corrected chi connectivity index (χ0v) is 21.7.